The van der Waals surface area contributed by atoms with Crippen LogP contribution in [0.25, 0.3) is 0 Å². The van der Waals surface area contributed by atoms with Crippen LogP contribution >= 0.6 is 0 Å². The Kier molecular flexibility index (Phi) is 6.07. The zero-order valence-corrected chi connectivity index (χ0v) is 13.9. The van der Waals surface area contributed by atoms with Gasteiger partial charge < -0.3 is 10.1 Å². The molecule has 1 aliphatic heterocycles. The van der Waals surface area contributed by atoms with Gasteiger partial charge in [0.05, 0.1) is 7.11 Å². The first-order valence-corrected chi connectivity index (χ1v) is 8.21. The maximum atomic E-state index is 5.26. The Labute approximate surface area is 129 Å². The van der Waals surface area contributed by atoms with Crippen molar-refractivity contribution in [1.82, 2.24) is 10.2 Å². The van der Waals surface area contributed by atoms with E-state index in [1.54, 1.807) is 7.11 Å². The summed E-state index contributed by atoms with van der Waals surface area (Å²) in [5.41, 5.74) is 1.34. The van der Waals surface area contributed by atoms with Crippen molar-refractivity contribution in [3.63, 3.8) is 0 Å². The topological polar surface area (TPSA) is 24.5 Å². The molecule has 0 bridgehead atoms. The van der Waals surface area contributed by atoms with Crippen molar-refractivity contribution >= 4 is 0 Å². The molecule has 1 aromatic carbocycles. The largest absolute Gasteiger partial charge is 0.497 e. The minimum absolute atomic E-state index is 0.365. The Morgan fingerprint density at radius 1 is 1.19 bits per heavy atom. The Balaban J connectivity index is 2.07. The first-order chi connectivity index (χ1) is 10.2. The Morgan fingerprint density at radius 2 is 1.90 bits per heavy atom. The minimum Gasteiger partial charge on any atom is -0.497 e. The lowest BCUT2D eigenvalue weighted by atomic mass is 9.99. The van der Waals surface area contributed by atoms with Gasteiger partial charge in [-0.15, -0.1) is 0 Å². The zero-order chi connectivity index (χ0) is 15.2. The number of nitrogens with zero attached hydrogens (tertiary/aromatic N) is 1. The minimum atomic E-state index is 0.365. The molecular formula is C18H30N2O. The molecule has 1 N–H and O–H groups in total. The van der Waals surface area contributed by atoms with E-state index in [4.69, 9.17) is 4.74 Å². The fourth-order valence-corrected chi connectivity index (χ4v) is 3.40. The normalized spacial score (nSPS) is 23.3. The highest BCUT2D eigenvalue weighted by Gasteiger charge is 2.25. The van der Waals surface area contributed by atoms with E-state index in [2.05, 4.69) is 55.4 Å². The average molecular weight is 290 g/mol. The number of nitrogens with one attached hydrogen (secondary N) is 1. The van der Waals surface area contributed by atoms with E-state index in [1.165, 1.54) is 37.9 Å². The summed E-state index contributed by atoms with van der Waals surface area (Å²) in [6.07, 6.45) is 4.02. The van der Waals surface area contributed by atoms with Crippen molar-refractivity contribution in [3.8, 4) is 5.75 Å². The molecule has 2 rings (SSSR count). The molecule has 1 saturated heterocycles. The Bertz CT molecular complexity index is 418. The van der Waals surface area contributed by atoms with Crippen molar-refractivity contribution < 1.29 is 4.74 Å². The maximum Gasteiger partial charge on any atom is 0.118 e. The van der Waals surface area contributed by atoms with Gasteiger partial charge in [-0.2, -0.15) is 0 Å². The van der Waals surface area contributed by atoms with Crippen LogP contribution in [0.2, 0.25) is 0 Å². The van der Waals surface area contributed by atoms with Crippen LogP contribution in [-0.2, 0) is 0 Å². The number of benzene rings is 1. The molecule has 3 heteroatoms. The number of rotatable bonds is 5. The molecule has 3 atom stereocenters. The van der Waals surface area contributed by atoms with Crippen LogP contribution < -0.4 is 10.1 Å². The summed E-state index contributed by atoms with van der Waals surface area (Å²) >= 11 is 0. The molecule has 0 spiro atoms. The predicted octanol–water partition coefficient (Wildman–Crippen LogP) is 3.47. The van der Waals surface area contributed by atoms with Crippen molar-refractivity contribution in [1.29, 1.82) is 0 Å². The van der Waals surface area contributed by atoms with Crippen molar-refractivity contribution in [2.24, 2.45) is 5.92 Å². The van der Waals surface area contributed by atoms with Gasteiger partial charge in [0.15, 0.2) is 0 Å². The summed E-state index contributed by atoms with van der Waals surface area (Å²) in [7, 11) is 3.78. The molecule has 3 unspecified atom stereocenters. The fourth-order valence-electron chi connectivity index (χ4n) is 3.40. The van der Waals surface area contributed by atoms with Gasteiger partial charge in [-0.25, -0.2) is 0 Å². The molecular weight excluding hydrogens is 260 g/mol. The summed E-state index contributed by atoms with van der Waals surface area (Å²) in [5.74, 6) is 1.79. The van der Waals surface area contributed by atoms with Crippen LogP contribution in [0.3, 0.4) is 0 Å². The highest BCUT2D eigenvalue weighted by molar-refractivity contribution is 5.29. The molecule has 0 saturated carbocycles. The Hall–Kier alpha value is -1.06. The van der Waals surface area contributed by atoms with E-state index in [0.29, 0.717) is 12.1 Å². The molecule has 3 nitrogen and oxygen atoms in total. The van der Waals surface area contributed by atoms with Crippen LogP contribution in [0.15, 0.2) is 24.3 Å². The van der Waals surface area contributed by atoms with Crippen molar-refractivity contribution in [2.45, 2.75) is 45.2 Å². The van der Waals surface area contributed by atoms with E-state index < -0.39 is 0 Å². The second-order valence-electron chi connectivity index (χ2n) is 6.35. The van der Waals surface area contributed by atoms with Gasteiger partial charge in [0, 0.05) is 12.1 Å². The van der Waals surface area contributed by atoms with Crippen molar-refractivity contribution in [2.75, 3.05) is 27.2 Å². The molecule has 21 heavy (non-hydrogen) atoms. The summed E-state index contributed by atoms with van der Waals surface area (Å²) in [5, 5.41) is 3.50. The van der Waals surface area contributed by atoms with E-state index in [1.807, 2.05) is 0 Å². The van der Waals surface area contributed by atoms with Gasteiger partial charge in [-0.05, 0) is 69.9 Å². The third-order valence-electron chi connectivity index (χ3n) is 4.90. The lowest BCUT2D eigenvalue weighted by molar-refractivity contribution is 0.177. The molecule has 0 amide bonds. The zero-order valence-electron chi connectivity index (χ0n) is 13.9. The fraction of sp³-hybridized carbons (Fsp3) is 0.667. The number of methoxy groups -OCH3 is 1. The third kappa shape index (κ3) is 4.21. The molecule has 0 aromatic heterocycles. The summed E-state index contributed by atoms with van der Waals surface area (Å²) in [6.45, 7) is 7.17. The quantitative estimate of drug-likeness (QED) is 0.898. The van der Waals surface area contributed by atoms with Gasteiger partial charge in [0.2, 0.25) is 0 Å². The monoisotopic (exact) mass is 290 g/mol. The average Bonchev–Trinajstić information content (AvgIpc) is 2.73. The third-order valence-corrected chi connectivity index (χ3v) is 4.90. The lowest BCUT2D eigenvalue weighted by Gasteiger charge is -2.34. The van der Waals surface area contributed by atoms with Crippen LogP contribution in [0, 0.1) is 5.92 Å². The van der Waals surface area contributed by atoms with E-state index >= 15 is 0 Å². The second-order valence-corrected chi connectivity index (χ2v) is 6.35. The summed E-state index contributed by atoms with van der Waals surface area (Å²) < 4.78 is 5.26. The number of ether oxygens (including phenoxy) is 1. The van der Waals surface area contributed by atoms with Crippen LogP contribution in [0.1, 0.15) is 44.7 Å². The SMILES string of the molecule is CNC(c1ccc(OC)cc1)C(C)N1CCCC(C)CC1. The van der Waals surface area contributed by atoms with Crippen LogP contribution in [0.5, 0.6) is 5.75 Å². The van der Waals surface area contributed by atoms with E-state index in [-0.39, 0.29) is 0 Å². The second kappa shape index (κ2) is 7.81. The first-order valence-electron chi connectivity index (χ1n) is 8.21. The molecule has 118 valence electrons. The first kappa shape index (κ1) is 16.3. The molecule has 0 aliphatic carbocycles. The van der Waals surface area contributed by atoms with Gasteiger partial charge in [-0.3, -0.25) is 4.90 Å². The van der Waals surface area contributed by atoms with Gasteiger partial charge in [0.25, 0.3) is 0 Å². The van der Waals surface area contributed by atoms with Crippen LogP contribution in [0.4, 0.5) is 0 Å². The molecule has 0 radical (unpaired) electrons. The molecule has 1 aromatic rings. The lowest BCUT2D eigenvalue weighted by Crippen LogP contribution is -2.42. The number of hydrogen-bond donors (Lipinski definition) is 1. The number of likely N-dealkylation sites (N-methyl/N-ethyl adjacent to an activating group) is 1. The smallest absolute Gasteiger partial charge is 0.118 e. The molecule has 1 aliphatic rings. The highest BCUT2D eigenvalue weighted by atomic mass is 16.5. The molecule has 1 heterocycles. The van der Waals surface area contributed by atoms with Gasteiger partial charge >= 0.3 is 0 Å². The van der Waals surface area contributed by atoms with Crippen molar-refractivity contribution in [3.05, 3.63) is 29.8 Å². The summed E-state index contributed by atoms with van der Waals surface area (Å²) in [4.78, 5) is 2.65. The maximum absolute atomic E-state index is 5.26. The summed E-state index contributed by atoms with van der Waals surface area (Å²) in [6, 6.07) is 9.33. The standard InChI is InChI=1S/C18H30N2O/c1-14-6-5-12-20(13-11-14)15(2)18(19-3)16-7-9-17(21-4)10-8-16/h7-10,14-15,18-19H,5-6,11-13H2,1-4H3. The van der Waals surface area contributed by atoms with Gasteiger partial charge in [0.1, 0.15) is 5.75 Å². The van der Waals surface area contributed by atoms with E-state index in [0.717, 1.165) is 11.7 Å². The predicted molar refractivity (Wildman–Crippen MR) is 88.8 cm³/mol. The number of hydrogen-bond acceptors (Lipinski definition) is 3. The van der Waals surface area contributed by atoms with E-state index in [9.17, 15) is 0 Å². The Morgan fingerprint density at radius 3 is 2.52 bits per heavy atom. The molecule has 1 fully saturated rings. The van der Waals surface area contributed by atoms with Crippen LogP contribution in [-0.4, -0.2) is 38.2 Å². The highest BCUT2D eigenvalue weighted by Crippen LogP contribution is 2.26. The van der Waals surface area contributed by atoms with Gasteiger partial charge in [-0.1, -0.05) is 19.1 Å². The number of likely N-dealkylation sites (tertiary alicyclic amines) is 1.